The number of hydrogen-bond donors (Lipinski definition) is 1. The van der Waals surface area contributed by atoms with Crippen LogP contribution < -0.4 is 15.0 Å². The summed E-state index contributed by atoms with van der Waals surface area (Å²) in [5, 5.41) is 2.92. The predicted octanol–water partition coefficient (Wildman–Crippen LogP) is 3.96. The van der Waals surface area contributed by atoms with Gasteiger partial charge in [-0.25, -0.2) is 19.3 Å². The Hall–Kier alpha value is -3.19. The molecule has 2 unspecified atom stereocenters. The monoisotopic (exact) mass is 468 g/mol. The zero-order valence-corrected chi connectivity index (χ0v) is 19.9. The number of halogens is 1. The van der Waals surface area contributed by atoms with Crippen LogP contribution >= 0.6 is 9.24 Å². The van der Waals surface area contributed by atoms with Crippen LogP contribution in [0.1, 0.15) is 37.6 Å². The Morgan fingerprint density at radius 1 is 1.27 bits per heavy atom. The van der Waals surface area contributed by atoms with E-state index in [4.69, 9.17) is 4.74 Å². The van der Waals surface area contributed by atoms with E-state index in [-0.39, 0.29) is 22.7 Å². The summed E-state index contributed by atoms with van der Waals surface area (Å²) in [5.74, 6) is -0.780. The quantitative estimate of drug-likeness (QED) is 0.548. The third-order valence-electron chi connectivity index (χ3n) is 5.19. The molecule has 10 heteroatoms. The van der Waals surface area contributed by atoms with E-state index < -0.39 is 11.7 Å². The Morgan fingerprint density at radius 3 is 2.73 bits per heavy atom. The molecule has 1 saturated heterocycles. The molecule has 2 atom stereocenters. The molecule has 1 fully saturated rings. The van der Waals surface area contributed by atoms with Crippen molar-refractivity contribution >= 4 is 26.7 Å². The molecule has 0 aromatic carbocycles. The van der Waals surface area contributed by atoms with Gasteiger partial charge in [0.25, 0.3) is 11.8 Å². The van der Waals surface area contributed by atoms with Crippen LogP contribution in [0.5, 0.6) is 5.88 Å². The fraction of sp³-hybridized carbons (Fsp3) is 0.348. The van der Waals surface area contributed by atoms with Gasteiger partial charge in [-0.3, -0.25) is 9.78 Å². The fourth-order valence-corrected chi connectivity index (χ4v) is 3.99. The van der Waals surface area contributed by atoms with E-state index in [2.05, 4.69) is 46.3 Å². The van der Waals surface area contributed by atoms with Crippen LogP contribution in [0.25, 0.3) is 11.4 Å². The Kier molecular flexibility index (Phi) is 6.51. The smallest absolute Gasteiger partial charge is 0.257 e. The van der Waals surface area contributed by atoms with Crippen molar-refractivity contribution in [2.24, 2.45) is 0 Å². The molecule has 1 aliphatic heterocycles. The topological polar surface area (TPSA) is 93.1 Å². The van der Waals surface area contributed by atoms with E-state index in [9.17, 15) is 9.18 Å². The number of nitrogens with one attached hydrogen (secondary N) is 1. The lowest BCUT2D eigenvalue weighted by atomic mass is 10.1. The van der Waals surface area contributed by atoms with Gasteiger partial charge in [-0.05, 0) is 38.5 Å². The minimum absolute atomic E-state index is 0.0384. The highest BCUT2D eigenvalue weighted by Crippen LogP contribution is 2.38. The first-order chi connectivity index (χ1) is 15.7. The molecule has 0 spiro atoms. The van der Waals surface area contributed by atoms with Crippen LogP contribution in [0.15, 0.2) is 43.0 Å². The van der Waals surface area contributed by atoms with Crippen LogP contribution in [0, 0.1) is 5.82 Å². The van der Waals surface area contributed by atoms with Crippen molar-refractivity contribution in [3.05, 3.63) is 54.4 Å². The largest absolute Gasteiger partial charge is 0.473 e. The van der Waals surface area contributed by atoms with Crippen molar-refractivity contribution in [1.82, 2.24) is 19.9 Å². The van der Waals surface area contributed by atoms with Gasteiger partial charge in [0.05, 0.1) is 17.4 Å². The van der Waals surface area contributed by atoms with Gasteiger partial charge in [-0.15, -0.1) is 9.24 Å². The first-order valence-corrected chi connectivity index (χ1v) is 11.2. The highest BCUT2D eigenvalue weighted by molar-refractivity contribution is 7.19. The summed E-state index contributed by atoms with van der Waals surface area (Å²) in [7, 11) is 2.88. The highest BCUT2D eigenvalue weighted by atomic mass is 31.0. The number of ether oxygens (including phenoxy) is 1. The van der Waals surface area contributed by atoms with Gasteiger partial charge in [0, 0.05) is 30.6 Å². The third kappa shape index (κ3) is 5.25. The standard InChI is InChI=1S/C23H26FN6O2P/c1-14(2)32-22-16(24)10-15(11-26-22)21(31)29-19-18(17-6-4-5-8-25-17)27-13-28-20(19)30-9-7-23(3,33)12-30/h4-6,8,10-11,13-14H,7,9,12,33H2,1-3H3,(H,29,31). The average Bonchev–Trinajstić information content (AvgIpc) is 3.15. The lowest BCUT2D eigenvalue weighted by molar-refractivity contribution is 0.102. The van der Waals surface area contributed by atoms with E-state index in [1.54, 1.807) is 26.1 Å². The molecule has 33 heavy (non-hydrogen) atoms. The summed E-state index contributed by atoms with van der Waals surface area (Å²) in [4.78, 5) is 32.5. The van der Waals surface area contributed by atoms with E-state index in [1.165, 1.54) is 12.5 Å². The second-order valence-electron chi connectivity index (χ2n) is 8.59. The highest BCUT2D eigenvalue weighted by Gasteiger charge is 2.33. The maximum atomic E-state index is 14.5. The van der Waals surface area contributed by atoms with E-state index in [0.717, 1.165) is 25.6 Å². The minimum Gasteiger partial charge on any atom is -0.473 e. The SMILES string of the molecule is CC(C)Oc1ncc(C(=O)Nc2c(-c3ccccn3)ncnc2N2CCC(C)(P)C2)cc1F. The molecular formula is C23H26FN6O2P. The Morgan fingerprint density at radius 2 is 2.09 bits per heavy atom. The lowest BCUT2D eigenvalue weighted by Crippen LogP contribution is -2.27. The maximum absolute atomic E-state index is 14.5. The van der Waals surface area contributed by atoms with Crippen molar-refractivity contribution in [1.29, 1.82) is 0 Å². The summed E-state index contributed by atoms with van der Waals surface area (Å²) in [6.07, 6.45) is 5.13. The van der Waals surface area contributed by atoms with Crippen molar-refractivity contribution in [3.8, 4) is 17.3 Å². The molecule has 8 nitrogen and oxygen atoms in total. The fourth-order valence-electron chi connectivity index (χ4n) is 3.64. The number of carbonyl (C=O) groups is 1. The molecule has 0 bridgehead atoms. The van der Waals surface area contributed by atoms with Crippen LogP contribution in [-0.2, 0) is 0 Å². The molecule has 4 rings (SSSR count). The van der Waals surface area contributed by atoms with Crippen LogP contribution in [0.3, 0.4) is 0 Å². The number of rotatable bonds is 6. The number of nitrogens with zero attached hydrogens (tertiary/aromatic N) is 5. The first kappa shape index (κ1) is 23.0. The van der Waals surface area contributed by atoms with Crippen molar-refractivity contribution in [3.63, 3.8) is 0 Å². The average molecular weight is 468 g/mol. The van der Waals surface area contributed by atoms with Crippen molar-refractivity contribution in [2.45, 2.75) is 38.5 Å². The third-order valence-corrected chi connectivity index (χ3v) is 5.67. The van der Waals surface area contributed by atoms with Gasteiger partial charge in [0.2, 0.25) is 0 Å². The van der Waals surface area contributed by atoms with E-state index in [0.29, 0.717) is 22.9 Å². The number of hydrogen-bond acceptors (Lipinski definition) is 7. The normalized spacial score (nSPS) is 17.9. The Balaban J connectivity index is 1.71. The second kappa shape index (κ2) is 9.35. The van der Waals surface area contributed by atoms with Crippen LogP contribution in [0.4, 0.5) is 15.9 Å². The van der Waals surface area contributed by atoms with Gasteiger partial charge >= 0.3 is 0 Å². The molecular weight excluding hydrogens is 442 g/mol. The molecule has 3 aromatic heterocycles. The van der Waals surface area contributed by atoms with Crippen molar-refractivity contribution < 1.29 is 13.9 Å². The molecule has 3 aromatic rings. The lowest BCUT2D eigenvalue weighted by Gasteiger charge is -2.24. The number of aromatic nitrogens is 4. The van der Waals surface area contributed by atoms with Gasteiger partial charge in [-0.2, -0.15) is 0 Å². The summed E-state index contributed by atoms with van der Waals surface area (Å²) < 4.78 is 19.8. The Bertz CT molecular complexity index is 1160. The summed E-state index contributed by atoms with van der Waals surface area (Å²) >= 11 is 0. The molecule has 1 aliphatic rings. The van der Waals surface area contributed by atoms with Crippen molar-refractivity contribution in [2.75, 3.05) is 23.3 Å². The predicted molar refractivity (Wildman–Crippen MR) is 128 cm³/mol. The number of amides is 1. The molecule has 1 N–H and O–H groups in total. The minimum atomic E-state index is -0.704. The van der Waals surface area contributed by atoms with Gasteiger partial charge < -0.3 is 15.0 Å². The van der Waals surface area contributed by atoms with Gasteiger partial charge in [-0.1, -0.05) is 13.0 Å². The van der Waals surface area contributed by atoms with Gasteiger partial charge in [0.1, 0.15) is 17.7 Å². The summed E-state index contributed by atoms with van der Waals surface area (Å²) in [5.41, 5.74) is 1.56. The number of anilines is 2. The van der Waals surface area contributed by atoms with Crippen LogP contribution in [0.2, 0.25) is 0 Å². The zero-order chi connectivity index (χ0) is 23.6. The molecule has 0 aliphatic carbocycles. The van der Waals surface area contributed by atoms with E-state index in [1.807, 2.05) is 12.1 Å². The van der Waals surface area contributed by atoms with Gasteiger partial charge in [0.15, 0.2) is 11.6 Å². The number of carbonyl (C=O) groups excluding carboxylic acids is 1. The number of pyridine rings is 2. The summed E-state index contributed by atoms with van der Waals surface area (Å²) in [6, 6.07) is 6.57. The zero-order valence-electron chi connectivity index (χ0n) is 18.7. The Labute approximate surface area is 194 Å². The second-order valence-corrected chi connectivity index (χ2v) is 9.99. The summed E-state index contributed by atoms with van der Waals surface area (Å²) in [6.45, 7) is 7.23. The maximum Gasteiger partial charge on any atom is 0.257 e. The first-order valence-electron chi connectivity index (χ1n) is 10.7. The van der Waals surface area contributed by atoms with Crippen LogP contribution in [-0.4, -0.2) is 50.2 Å². The molecule has 0 radical (unpaired) electrons. The molecule has 4 heterocycles. The molecule has 0 saturated carbocycles. The molecule has 172 valence electrons. The van der Waals surface area contributed by atoms with E-state index >= 15 is 0 Å². The molecule has 1 amide bonds.